The Kier molecular flexibility index (Phi) is 6.91. The molecule has 96 valence electrons. The summed E-state index contributed by atoms with van der Waals surface area (Å²) in [6.07, 6.45) is 1.08. The summed E-state index contributed by atoms with van der Waals surface area (Å²) in [4.78, 5) is 0. The lowest BCUT2D eigenvalue weighted by Crippen LogP contribution is -2.58. The van der Waals surface area contributed by atoms with Gasteiger partial charge in [-0.1, -0.05) is 0 Å². The van der Waals surface area contributed by atoms with Crippen molar-refractivity contribution in [2.45, 2.75) is 31.6 Å². The topological polar surface area (TPSA) is 62.9 Å². The first-order valence-corrected chi connectivity index (χ1v) is 5.85. The van der Waals surface area contributed by atoms with Crippen LogP contribution < -0.4 is 5.73 Å². The van der Waals surface area contributed by atoms with Crippen molar-refractivity contribution in [2.75, 3.05) is 40.1 Å². The first-order valence-electron chi connectivity index (χ1n) is 5.85. The molecule has 5 heteroatoms. The van der Waals surface area contributed by atoms with Gasteiger partial charge >= 0.3 is 0 Å². The van der Waals surface area contributed by atoms with Crippen LogP contribution in [0.15, 0.2) is 0 Å². The van der Waals surface area contributed by atoms with Gasteiger partial charge in [-0.25, -0.2) is 0 Å². The number of ether oxygens (including phenoxy) is 4. The molecule has 0 aromatic rings. The molecule has 0 aromatic heterocycles. The maximum absolute atomic E-state index is 5.82. The van der Waals surface area contributed by atoms with Crippen molar-refractivity contribution in [2.24, 2.45) is 5.73 Å². The largest absolute Gasteiger partial charge is 0.382 e. The van der Waals surface area contributed by atoms with Gasteiger partial charge < -0.3 is 24.7 Å². The molecule has 0 amide bonds. The molecule has 0 aliphatic heterocycles. The summed E-state index contributed by atoms with van der Waals surface area (Å²) in [5.41, 5.74) is 5.82. The van der Waals surface area contributed by atoms with Crippen LogP contribution in [0.4, 0.5) is 0 Å². The standard InChI is InChI=1S/C11H23NO4/c1-3-15-11-9(12)8-10(11)16-7-6-14-5-4-13-2/h9-11H,3-8,12H2,1-2H3. The molecule has 0 radical (unpaired) electrons. The maximum atomic E-state index is 5.82. The van der Waals surface area contributed by atoms with E-state index in [0.29, 0.717) is 33.0 Å². The summed E-state index contributed by atoms with van der Waals surface area (Å²) in [5.74, 6) is 0. The Balaban J connectivity index is 1.96. The summed E-state index contributed by atoms with van der Waals surface area (Å²) in [5, 5.41) is 0. The molecular weight excluding hydrogens is 210 g/mol. The van der Waals surface area contributed by atoms with E-state index >= 15 is 0 Å². The second-order valence-corrected chi connectivity index (χ2v) is 3.83. The van der Waals surface area contributed by atoms with E-state index in [1.54, 1.807) is 7.11 Å². The summed E-state index contributed by atoms with van der Waals surface area (Å²) in [7, 11) is 1.66. The van der Waals surface area contributed by atoms with Crippen molar-refractivity contribution in [3.8, 4) is 0 Å². The van der Waals surface area contributed by atoms with Crippen LogP contribution in [0.3, 0.4) is 0 Å². The minimum Gasteiger partial charge on any atom is -0.382 e. The molecule has 5 nitrogen and oxygen atoms in total. The fourth-order valence-electron chi connectivity index (χ4n) is 1.71. The second kappa shape index (κ2) is 7.97. The molecule has 0 bridgehead atoms. The molecule has 1 aliphatic rings. The van der Waals surface area contributed by atoms with E-state index in [-0.39, 0.29) is 18.2 Å². The average molecular weight is 233 g/mol. The fourth-order valence-corrected chi connectivity index (χ4v) is 1.71. The van der Waals surface area contributed by atoms with Gasteiger partial charge in [0.15, 0.2) is 0 Å². The van der Waals surface area contributed by atoms with E-state index in [4.69, 9.17) is 24.7 Å². The number of methoxy groups -OCH3 is 1. The Morgan fingerprint density at radius 1 is 1.12 bits per heavy atom. The van der Waals surface area contributed by atoms with Crippen molar-refractivity contribution in [1.29, 1.82) is 0 Å². The Morgan fingerprint density at radius 2 is 1.88 bits per heavy atom. The average Bonchev–Trinajstić information content (AvgIpc) is 2.29. The lowest BCUT2D eigenvalue weighted by atomic mass is 9.86. The van der Waals surface area contributed by atoms with Crippen molar-refractivity contribution < 1.29 is 18.9 Å². The van der Waals surface area contributed by atoms with Gasteiger partial charge in [-0.05, 0) is 13.3 Å². The van der Waals surface area contributed by atoms with E-state index < -0.39 is 0 Å². The third kappa shape index (κ3) is 4.35. The first kappa shape index (κ1) is 13.9. The Hall–Kier alpha value is -0.200. The van der Waals surface area contributed by atoms with Crippen LogP contribution in [0.2, 0.25) is 0 Å². The molecule has 0 aromatic carbocycles. The van der Waals surface area contributed by atoms with Gasteiger partial charge in [0.1, 0.15) is 0 Å². The molecule has 3 atom stereocenters. The number of rotatable bonds is 9. The molecule has 1 fully saturated rings. The fraction of sp³-hybridized carbons (Fsp3) is 1.00. The Labute approximate surface area is 97.2 Å². The van der Waals surface area contributed by atoms with Gasteiger partial charge in [-0.15, -0.1) is 0 Å². The third-order valence-corrected chi connectivity index (χ3v) is 2.64. The van der Waals surface area contributed by atoms with E-state index in [0.717, 1.165) is 6.42 Å². The van der Waals surface area contributed by atoms with Crippen LogP contribution >= 0.6 is 0 Å². The van der Waals surface area contributed by atoms with E-state index in [2.05, 4.69) is 0 Å². The van der Waals surface area contributed by atoms with Crippen molar-refractivity contribution in [3.63, 3.8) is 0 Å². The van der Waals surface area contributed by atoms with Crippen LogP contribution in [0.25, 0.3) is 0 Å². The number of nitrogens with two attached hydrogens (primary N) is 1. The third-order valence-electron chi connectivity index (χ3n) is 2.64. The molecule has 0 heterocycles. The summed E-state index contributed by atoms with van der Waals surface area (Å²) in [6, 6.07) is 0.124. The maximum Gasteiger partial charge on any atom is 0.0988 e. The lowest BCUT2D eigenvalue weighted by molar-refractivity contribution is -0.143. The normalized spacial score (nSPS) is 29.1. The van der Waals surface area contributed by atoms with Gasteiger partial charge in [-0.3, -0.25) is 0 Å². The minimum absolute atomic E-state index is 0.0592. The quantitative estimate of drug-likeness (QED) is 0.575. The second-order valence-electron chi connectivity index (χ2n) is 3.83. The molecular formula is C11H23NO4. The predicted molar refractivity (Wildman–Crippen MR) is 60.4 cm³/mol. The Morgan fingerprint density at radius 3 is 2.50 bits per heavy atom. The lowest BCUT2D eigenvalue weighted by Gasteiger charge is -2.41. The zero-order valence-corrected chi connectivity index (χ0v) is 10.2. The SMILES string of the molecule is CCOC1C(N)CC1OCCOCCOC. The smallest absolute Gasteiger partial charge is 0.0988 e. The molecule has 1 aliphatic carbocycles. The van der Waals surface area contributed by atoms with Crippen LogP contribution in [-0.4, -0.2) is 58.4 Å². The monoisotopic (exact) mass is 233 g/mol. The molecule has 1 rings (SSSR count). The Bertz CT molecular complexity index is 179. The molecule has 3 unspecified atom stereocenters. The molecule has 2 N–H and O–H groups in total. The van der Waals surface area contributed by atoms with Gasteiger partial charge in [-0.2, -0.15) is 0 Å². The highest BCUT2D eigenvalue weighted by Crippen LogP contribution is 2.25. The zero-order chi connectivity index (χ0) is 11.8. The highest BCUT2D eigenvalue weighted by atomic mass is 16.6. The van der Waals surface area contributed by atoms with Crippen LogP contribution in [-0.2, 0) is 18.9 Å². The molecule has 0 spiro atoms. The van der Waals surface area contributed by atoms with Gasteiger partial charge in [0.25, 0.3) is 0 Å². The van der Waals surface area contributed by atoms with Crippen molar-refractivity contribution in [3.05, 3.63) is 0 Å². The van der Waals surface area contributed by atoms with Crippen LogP contribution in [0, 0.1) is 0 Å². The van der Waals surface area contributed by atoms with Crippen molar-refractivity contribution in [1.82, 2.24) is 0 Å². The summed E-state index contributed by atoms with van der Waals surface area (Å²) < 4.78 is 21.3. The zero-order valence-electron chi connectivity index (χ0n) is 10.2. The predicted octanol–water partition coefficient (Wildman–Crippen LogP) is 0.171. The number of hydrogen-bond acceptors (Lipinski definition) is 5. The van der Waals surface area contributed by atoms with Gasteiger partial charge in [0, 0.05) is 19.8 Å². The van der Waals surface area contributed by atoms with Crippen LogP contribution in [0.5, 0.6) is 0 Å². The highest BCUT2D eigenvalue weighted by Gasteiger charge is 2.40. The number of hydrogen-bond donors (Lipinski definition) is 1. The summed E-state index contributed by atoms with van der Waals surface area (Å²) in [6.45, 7) is 5.06. The van der Waals surface area contributed by atoms with Crippen LogP contribution in [0.1, 0.15) is 13.3 Å². The molecule has 16 heavy (non-hydrogen) atoms. The first-order chi connectivity index (χ1) is 7.79. The summed E-state index contributed by atoms with van der Waals surface area (Å²) >= 11 is 0. The van der Waals surface area contributed by atoms with E-state index in [1.165, 1.54) is 0 Å². The molecule has 1 saturated carbocycles. The van der Waals surface area contributed by atoms with Gasteiger partial charge in [0.2, 0.25) is 0 Å². The van der Waals surface area contributed by atoms with E-state index in [9.17, 15) is 0 Å². The van der Waals surface area contributed by atoms with Crippen molar-refractivity contribution >= 4 is 0 Å². The van der Waals surface area contributed by atoms with Gasteiger partial charge in [0.05, 0.1) is 38.6 Å². The van der Waals surface area contributed by atoms with E-state index in [1.807, 2.05) is 6.92 Å². The molecule has 0 saturated heterocycles. The minimum atomic E-state index is 0.0592. The highest BCUT2D eigenvalue weighted by molar-refractivity contribution is 4.95.